The molecular weight excluding hydrogens is 568 g/mol. The number of nitrogen functional groups attached to an aromatic ring is 1. The minimum Gasteiger partial charge on any atom is -0.476 e. The Balaban J connectivity index is 0.000000345. The highest BCUT2D eigenvalue weighted by Gasteiger charge is 2.40. The maximum atomic E-state index is 11.9. The summed E-state index contributed by atoms with van der Waals surface area (Å²) in [5.74, 6) is -1.26. The molecule has 44 heavy (non-hydrogen) atoms. The first-order valence-electron chi connectivity index (χ1n) is 15.6. The molecule has 0 amide bonds. The number of aliphatic carboxylic acids is 1. The van der Waals surface area contributed by atoms with Crippen molar-refractivity contribution < 1.29 is 14.7 Å². The molecule has 8 heteroatoms. The van der Waals surface area contributed by atoms with Crippen LogP contribution in [0.4, 0.5) is 5.13 Å². The number of oxime groups is 1. The quantitative estimate of drug-likeness (QED) is 0.0749. The van der Waals surface area contributed by atoms with Gasteiger partial charge in [-0.1, -0.05) is 136 Å². The largest absolute Gasteiger partial charge is 0.476 e. The Bertz CT molecular complexity index is 1280. The maximum Gasteiger partial charge on any atom is 0.360 e. The highest BCUT2D eigenvalue weighted by Crippen LogP contribution is 2.40. The first-order valence-corrected chi connectivity index (χ1v) is 16.4. The van der Waals surface area contributed by atoms with Crippen molar-refractivity contribution in [3.8, 4) is 0 Å². The van der Waals surface area contributed by atoms with Gasteiger partial charge in [-0.05, 0) is 38.9 Å². The minimum atomic E-state index is -1.26. The summed E-state index contributed by atoms with van der Waals surface area (Å²) in [4.78, 5) is 24.8. The average molecular weight is 615 g/mol. The number of aromatic nitrogens is 1. The van der Waals surface area contributed by atoms with Gasteiger partial charge in [-0.25, -0.2) is 9.78 Å². The molecule has 0 aliphatic carbocycles. The number of nitrogens with two attached hydrogens (primary N) is 1. The van der Waals surface area contributed by atoms with E-state index in [1.165, 1.54) is 58.2 Å². The van der Waals surface area contributed by atoms with Crippen LogP contribution in [0.1, 0.15) is 81.7 Å². The summed E-state index contributed by atoms with van der Waals surface area (Å²) < 4.78 is 0. The zero-order valence-corrected chi connectivity index (χ0v) is 27.0. The monoisotopic (exact) mass is 614 g/mol. The van der Waals surface area contributed by atoms with Gasteiger partial charge in [0.1, 0.15) is 5.69 Å². The lowest BCUT2D eigenvalue weighted by Gasteiger charge is -2.33. The number of unbranched alkanes of at least 4 members (excludes halogenated alkanes) is 3. The molecule has 0 fully saturated rings. The number of carboxylic acids is 1. The SMILES string of the molecule is CCCCN(CCCC)CCCC.Nc1nc(/C(=N/OC(c2ccccc2)(c2ccccc2)c2ccccc2)C(=O)O)cs1. The number of hydrogen-bond acceptors (Lipinski definition) is 7. The van der Waals surface area contributed by atoms with Gasteiger partial charge in [-0.3, -0.25) is 0 Å². The number of nitrogens with zero attached hydrogens (tertiary/aromatic N) is 3. The van der Waals surface area contributed by atoms with Crippen LogP contribution in [0, 0.1) is 0 Å². The maximum absolute atomic E-state index is 11.9. The van der Waals surface area contributed by atoms with Crippen molar-refractivity contribution in [2.75, 3.05) is 25.4 Å². The van der Waals surface area contributed by atoms with Crippen LogP contribution in [-0.4, -0.2) is 46.3 Å². The van der Waals surface area contributed by atoms with E-state index in [4.69, 9.17) is 10.6 Å². The van der Waals surface area contributed by atoms with Gasteiger partial charge in [0.2, 0.25) is 11.3 Å². The fourth-order valence-electron chi connectivity index (χ4n) is 4.86. The number of hydrogen-bond donors (Lipinski definition) is 2. The van der Waals surface area contributed by atoms with E-state index >= 15 is 0 Å². The van der Waals surface area contributed by atoms with Crippen LogP contribution in [0.15, 0.2) is 102 Å². The summed E-state index contributed by atoms with van der Waals surface area (Å²) in [7, 11) is 0. The summed E-state index contributed by atoms with van der Waals surface area (Å²) in [6.45, 7) is 10.8. The third kappa shape index (κ3) is 9.76. The summed E-state index contributed by atoms with van der Waals surface area (Å²) in [6, 6.07) is 28.7. The van der Waals surface area contributed by atoms with Gasteiger partial charge in [0.15, 0.2) is 5.13 Å². The van der Waals surface area contributed by atoms with E-state index in [-0.39, 0.29) is 16.5 Å². The van der Waals surface area contributed by atoms with Crippen molar-refractivity contribution in [1.29, 1.82) is 0 Å². The van der Waals surface area contributed by atoms with E-state index in [1.807, 2.05) is 91.0 Å². The van der Waals surface area contributed by atoms with E-state index in [1.54, 1.807) is 5.38 Å². The number of benzene rings is 3. The van der Waals surface area contributed by atoms with Crippen LogP contribution in [0.2, 0.25) is 0 Å². The molecule has 7 nitrogen and oxygen atoms in total. The molecule has 0 unspecified atom stereocenters. The Morgan fingerprint density at radius 2 is 1.20 bits per heavy atom. The molecule has 4 aromatic rings. The van der Waals surface area contributed by atoms with Crippen LogP contribution < -0.4 is 5.73 Å². The number of carbonyl (C=O) groups is 1. The predicted octanol–water partition coefficient (Wildman–Crippen LogP) is 8.21. The fourth-order valence-corrected chi connectivity index (χ4v) is 5.41. The molecule has 0 bridgehead atoms. The molecule has 0 radical (unpaired) electrons. The minimum absolute atomic E-state index is 0.151. The van der Waals surface area contributed by atoms with Crippen molar-refractivity contribution in [2.24, 2.45) is 5.16 Å². The molecule has 3 N–H and O–H groups in total. The topological polar surface area (TPSA) is 101 Å². The first-order chi connectivity index (χ1) is 21.5. The second-order valence-electron chi connectivity index (χ2n) is 10.6. The van der Waals surface area contributed by atoms with Crippen molar-refractivity contribution in [3.63, 3.8) is 0 Å². The fraction of sp³-hybridized carbons (Fsp3) is 0.361. The smallest absolute Gasteiger partial charge is 0.360 e. The van der Waals surface area contributed by atoms with Crippen molar-refractivity contribution in [3.05, 3.63) is 119 Å². The van der Waals surface area contributed by atoms with E-state index in [0.29, 0.717) is 0 Å². The van der Waals surface area contributed by atoms with E-state index in [9.17, 15) is 9.90 Å². The Morgan fingerprint density at radius 3 is 1.52 bits per heavy atom. The molecule has 1 aromatic heterocycles. The van der Waals surface area contributed by atoms with E-state index in [2.05, 4.69) is 35.8 Å². The second-order valence-corrected chi connectivity index (χ2v) is 11.5. The van der Waals surface area contributed by atoms with Gasteiger partial charge in [0, 0.05) is 22.1 Å². The van der Waals surface area contributed by atoms with Crippen molar-refractivity contribution >= 4 is 28.1 Å². The zero-order chi connectivity index (χ0) is 31.6. The molecule has 3 aromatic carbocycles. The first kappa shape index (κ1) is 34.5. The van der Waals surface area contributed by atoms with Gasteiger partial charge in [-0.15, -0.1) is 11.3 Å². The van der Waals surface area contributed by atoms with Crippen molar-refractivity contribution in [2.45, 2.75) is 64.9 Å². The second kappa shape index (κ2) is 18.6. The summed E-state index contributed by atoms with van der Waals surface area (Å²) in [5, 5.41) is 15.7. The Labute approximate surface area is 266 Å². The number of thiazole rings is 1. The van der Waals surface area contributed by atoms with E-state index < -0.39 is 11.6 Å². The molecule has 0 aliphatic rings. The van der Waals surface area contributed by atoms with Crippen LogP contribution in [0.5, 0.6) is 0 Å². The lowest BCUT2D eigenvalue weighted by molar-refractivity contribution is -0.129. The van der Waals surface area contributed by atoms with Crippen LogP contribution >= 0.6 is 11.3 Å². The average Bonchev–Trinajstić information content (AvgIpc) is 3.49. The highest BCUT2D eigenvalue weighted by atomic mass is 32.1. The molecule has 4 rings (SSSR count). The summed E-state index contributed by atoms with van der Waals surface area (Å²) in [6.07, 6.45) is 8.09. The lowest BCUT2D eigenvalue weighted by atomic mass is 9.80. The number of carboxylic acid groups (broad SMARTS) is 1. The Hall–Kier alpha value is -4.01. The number of rotatable bonds is 16. The Kier molecular flexibility index (Phi) is 14.6. The third-order valence-corrected chi connectivity index (χ3v) is 7.94. The molecular formula is C36H46N4O3S. The molecule has 0 saturated heterocycles. The van der Waals surface area contributed by atoms with E-state index in [0.717, 1.165) is 28.0 Å². The lowest BCUT2D eigenvalue weighted by Crippen LogP contribution is -2.32. The van der Waals surface area contributed by atoms with Gasteiger partial charge in [0.05, 0.1) is 0 Å². The normalized spacial score (nSPS) is 11.6. The number of anilines is 1. The summed E-state index contributed by atoms with van der Waals surface area (Å²) >= 11 is 1.14. The van der Waals surface area contributed by atoms with Crippen LogP contribution in [-0.2, 0) is 15.2 Å². The third-order valence-electron chi connectivity index (χ3n) is 7.27. The van der Waals surface area contributed by atoms with Crippen LogP contribution in [0.3, 0.4) is 0 Å². The molecule has 234 valence electrons. The standard InChI is InChI=1S/C24H19N3O3S.C12H27N/c25-23-26-20(16-31-23)21(22(28)29)27-30-24(17-10-4-1-5-11-17,18-12-6-2-7-13-18)19-14-8-3-9-15-19;1-4-7-10-13(11-8-5-2)12-9-6-3/h1-16H,(H2,25,26)(H,28,29);4-12H2,1-3H3/b27-21-;. The van der Waals surface area contributed by atoms with Gasteiger partial charge in [-0.2, -0.15) is 0 Å². The summed E-state index contributed by atoms with van der Waals surface area (Å²) in [5.41, 5.74) is 6.76. The predicted molar refractivity (Wildman–Crippen MR) is 182 cm³/mol. The van der Waals surface area contributed by atoms with Gasteiger partial charge < -0.3 is 20.6 Å². The van der Waals surface area contributed by atoms with Crippen molar-refractivity contribution in [1.82, 2.24) is 9.88 Å². The molecule has 0 atom stereocenters. The Morgan fingerprint density at radius 1 is 0.795 bits per heavy atom. The zero-order valence-electron chi connectivity index (χ0n) is 26.2. The van der Waals surface area contributed by atoms with Crippen LogP contribution in [0.25, 0.3) is 0 Å². The highest BCUT2D eigenvalue weighted by molar-refractivity contribution is 7.13. The molecule has 0 aliphatic heterocycles. The van der Waals surface area contributed by atoms with Gasteiger partial charge >= 0.3 is 5.97 Å². The van der Waals surface area contributed by atoms with Gasteiger partial charge in [0.25, 0.3) is 0 Å². The molecule has 0 spiro atoms. The molecule has 0 saturated carbocycles. The molecule has 1 heterocycles.